The van der Waals surface area contributed by atoms with Gasteiger partial charge in [-0.1, -0.05) is 0 Å². The van der Waals surface area contributed by atoms with Crippen LogP contribution in [0, 0.1) is 6.92 Å². The predicted octanol–water partition coefficient (Wildman–Crippen LogP) is 5.46. The first-order chi connectivity index (χ1) is 16.7. The van der Waals surface area contributed by atoms with Gasteiger partial charge in [0.15, 0.2) is 0 Å². The van der Waals surface area contributed by atoms with Crippen molar-refractivity contribution in [2.45, 2.75) is 20.0 Å². The lowest BCUT2D eigenvalue weighted by Crippen LogP contribution is -2.44. The van der Waals surface area contributed by atoms with Gasteiger partial charge in [0, 0.05) is 43.2 Å². The molecule has 4 rings (SSSR count). The van der Waals surface area contributed by atoms with Gasteiger partial charge in [-0.2, -0.15) is 13.2 Å². The zero-order valence-electron chi connectivity index (χ0n) is 19.9. The molecule has 0 atom stereocenters. The molecule has 0 radical (unpaired) electrons. The van der Waals surface area contributed by atoms with Gasteiger partial charge in [0.2, 0.25) is 5.95 Å². The Labute approximate surface area is 202 Å². The van der Waals surface area contributed by atoms with E-state index >= 15 is 0 Å². The van der Waals surface area contributed by atoms with Crippen molar-refractivity contribution in [2.75, 3.05) is 48.8 Å². The van der Waals surface area contributed by atoms with Crippen molar-refractivity contribution in [1.29, 1.82) is 0 Å². The van der Waals surface area contributed by atoms with Crippen LogP contribution in [0.5, 0.6) is 0 Å². The Kier molecular flexibility index (Phi) is 7.20. The van der Waals surface area contributed by atoms with Gasteiger partial charge < -0.3 is 20.4 Å². The summed E-state index contributed by atoms with van der Waals surface area (Å²) in [6, 6.07) is 13.0. The van der Waals surface area contributed by atoms with Gasteiger partial charge >= 0.3 is 6.18 Å². The first-order valence-electron chi connectivity index (χ1n) is 11.3. The highest BCUT2D eigenvalue weighted by Crippen LogP contribution is 2.30. The monoisotopic (exact) mass is 483 g/mol. The van der Waals surface area contributed by atoms with E-state index in [0.717, 1.165) is 44.0 Å². The fourth-order valence-corrected chi connectivity index (χ4v) is 3.74. The fourth-order valence-electron chi connectivity index (χ4n) is 3.74. The van der Waals surface area contributed by atoms with Crippen LogP contribution in [0.4, 0.5) is 41.9 Å². The van der Waals surface area contributed by atoms with E-state index < -0.39 is 11.7 Å². The zero-order chi connectivity index (χ0) is 25.0. The number of aryl methyl sites for hydroxylation is 1. The SMILES string of the molecule is CC(=Nc1cnc(Nc2ccc(N3CCN(C)CC3)cc2)nc1C)Nc1ccc(C(F)(F)F)cc1. The van der Waals surface area contributed by atoms with Crippen molar-refractivity contribution < 1.29 is 13.2 Å². The van der Waals surface area contributed by atoms with Crippen LogP contribution >= 0.6 is 0 Å². The topological polar surface area (TPSA) is 68.7 Å². The number of amidine groups is 1. The molecule has 2 aromatic carbocycles. The minimum Gasteiger partial charge on any atom is -0.369 e. The standard InChI is InChI=1S/C25H28F3N7/c1-17-23(32-18(2)31-20-6-4-19(5-7-20)25(26,27)28)16-29-24(30-17)33-21-8-10-22(11-9-21)35-14-12-34(3)13-15-35/h4-11,16H,12-15H2,1-3H3,(H,31,32)(H,29,30,33). The van der Waals surface area contributed by atoms with Crippen molar-refractivity contribution in [1.82, 2.24) is 14.9 Å². The quantitative estimate of drug-likeness (QED) is 0.371. The highest BCUT2D eigenvalue weighted by atomic mass is 19.4. The van der Waals surface area contributed by atoms with E-state index in [4.69, 9.17) is 0 Å². The molecule has 184 valence electrons. The number of halogens is 3. The second kappa shape index (κ2) is 10.3. The Balaban J connectivity index is 1.38. The van der Waals surface area contributed by atoms with Crippen molar-refractivity contribution in [3.63, 3.8) is 0 Å². The van der Waals surface area contributed by atoms with Crippen LogP contribution in [0.3, 0.4) is 0 Å². The molecule has 7 nitrogen and oxygen atoms in total. The first kappa shape index (κ1) is 24.5. The maximum Gasteiger partial charge on any atom is 0.416 e. The normalized spacial score (nSPS) is 15.3. The van der Waals surface area contributed by atoms with E-state index in [1.165, 1.54) is 17.8 Å². The number of aromatic nitrogens is 2. The summed E-state index contributed by atoms with van der Waals surface area (Å²) >= 11 is 0. The molecule has 3 aromatic rings. The molecule has 2 heterocycles. The lowest BCUT2D eigenvalue weighted by molar-refractivity contribution is -0.137. The van der Waals surface area contributed by atoms with Gasteiger partial charge in [0.1, 0.15) is 11.5 Å². The van der Waals surface area contributed by atoms with Gasteiger partial charge in [0.25, 0.3) is 0 Å². The van der Waals surface area contributed by atoms with Crippen LogP contribution in [0.25, 0.3) is 0 Å². The van der Waals surface area contributed by atoms with Crippen molar-refractivity contribution in [2.24, 2.45) is 4.99 Å². The van der Waals surface area contributed by atoms with Crippen LogP contribution in [-0.2, 0) is 6.18 Å². The lowest BCUT2D eigenvalue weighted by atomic mass is 10.2. The van der Waals surface area contributed by atoms with Gasteiger partial charge in [-0.3, -0.25) is 0 Å². The van der Waals surface area contributed by atoms with Crippen LogP contribution in [0.1, 0.15) is 18.2 Å². The minimum atomic E-state index is -4.36. The van der Waals surface area contributed by atoms with E-state index in [2.05, 4.69) is 54.6 Å². The number of hydrogen-bond acceptors (Lipinski definition) is 6. The molecule has 0 spiro atoms. The second-order valence-corrected chi connectivity index (χ2v) is 8.52. The number of likely N-dealkylation sites (N-methyl/N-ethyl adjacent to an activating group) is 1. The third-order valence-electron chi connectivity index (χ3n) is 5.77. The molecule has 1 aliphatic rings. The van der Waals surface area contributed by atoms with Crippen molar-refractivity contribution in [3.05, 3.63) is 66.0 Å². The summed E-state index contributed by atoms with van der Waals surface area (Å²) in [5.41, 5.74) is 3.14. The van der Waals surface area contributed by atoms with E-state index in [1.807, 2.05) is 19.1 Å². The summed E-state index contributed by atoms with van der Waals surface area (Å²) < 4.78 is 38.2. The summed E-state index contributed by atoms with van der Waals surface area (Å²) in [7, 11) is 2.14. The number of anilines is 4. The van der Waals surface area contributed by atoms with Gasteiger partial charge in [-0.15, -0.1) is 0 Å². The Bertz CT molecular complexity index is 1170. The molecule has 2 N–H and O–H groups in total. The number of rotatable bonds is 5. The molecule has 1 fully saturated rings. The largest absolute Gasteiger partial charge is 0.416 e. The number of nitrogens with one attached hydrogen (secondary N) is 2. The molecule has 1 saturated heterocycles. The van der Waals surface area contributed by atoms with E-state index in [-0.39, 0.29) is 0 Å². The molecule has 10 heteroatoms. The number of alkyl halides is 3. The molecule has 0 bridgehead atoms. The predicted molar refractivity (Wildman–Crippen MR) is 134 cm³/mol. The summed E-state index contributed by atoms with van der Waals surface area (Å²) in [6.07, 6.45) is -2.75. The number of aliphatic imine (C=N–C) groups is 1. The van der Waals surface area contributed by atoms with Crippen LogP contribution in [-0.4, -0.2) is 53.9 Å². The smallest absolute Gasteiger partial charge is 0.369 e. The van der Waals surface area contributed by atoms with E-state index in [9.17, 15) is 13.2 Å². The Morgan fingerprint density at radius 1 is 0.943 bits per heavy atom. The summed E-state index contributed by atoms with van der Waals surface area (Å²) in [5, 5.41) is 6.20. The van der Waals surface area contributed by atoms with Crippen LogP contribution in [0.2, 0.25) is 0 Å². The number of piperazine rings is 1. The minimum absolute atomic E-state index is 0.460. The average Bonchev–Trinajstić information content (AvgIpc) is 2.82. The highest BCUT2D eigenvalue weighted by molar-refractivity contribution is 5.95. The number of hydrogen-bond donors (Lipinski definition) is 2. The number of benzene rings is 2. The average molecular weight is 484 g/mol. The Morgan fingerprint density at radius 2 is 1.57 bits per heavy atom. The van der Waals surface area contributed by atoms with E-state index in [1.54, 1.807) is 13.1 Å². The molecule has 35 heavy (non-hydrogen) atoms. The van der Waals surface area contributed by atoms with Crippen LogP contribution in [0.15, 0.2) is 59.7 Å². The van der Waals surface area contributed by atoms with Gasteiger partial charge in [0.05, 0.1) is 17.5 Å². The third kappa shape index (κ3) is 6.48. The molecule has 1 aliphatic heterocycles. The maximum absolute atomic E-state index is 12.7. The molecular weight excluding hydrogens is 455 g/mol. The first-order valence-corrected chi connectivity index (χ1v) is 11.3. The maximum atomic E-state index is 12.7. The summed E-state index contributed by atoms with van der Waals surface area (Å²) in [6.45, 7) is 7.70. The van der Waals surface area contributed by atoms with E-state index in [0.29, 0.717) is 28.9 Å². The van der Waals surface area contributed by atoms with Crippen molar-refractivity contribution in [3.8, 4) is 0 Å². The lowest BCUT2D eigenvalue weighted by Gasteiger charge is -2.34. The molecule has 0 aliphatic carbocycles. The van der Waals surface area contributed by atoms with Gasteiger partial charge in [-0.05, 0) is 69.4 Å². The second-order valence-electron chi connectivity index (χ2n) is 8.52. The molecule has 1 aromatic heterocycles. The van der Waals surface area contributed by atoms with Gasteiger partial charge in [-0.25, -0.2) is 15.0 Å². The summed E-state index contributed by atoms with van der Waals surface area (Å²) in [5.74, 6) is 0.971. The fraction of sp³-hybridized carbons (Fsp3) is 0.320. The molecular formula is C25H28F3N7. The molecule has 0 unspecified atom stereocenters. The number of nitrogens with zero attached hydrogens (tertiary/aromatic N) is 5. The highest BCUT2D eigenvalue weighted by Gasteiger charge is 2.29. The Hall–Kier alpha value is -3.66. The Morgan fingerprint density at radius 3 is 2.17 bits per heavy atom. The summed E-state index contributed by atoms with van der Waals surface area (Å²) in [4.78, 5) is 18.0. The zero-order valence-corrected chi connectivity index (χ0v) is 19.9. The molecule has 0 amide bonds. The molecule has 0 saturated carbocycles. The van der Waals surface area contributed by atoms with Crippen LogP contribution < -0.4 is 15.5 Å². The van der Waals surface area contributed by atoms with Crippen molar-refractivity contribution >= 4 is 34.5 Å². The third-order valence-corrected chi connectivity index (χ3v) is 5.77.